The second-order valence-corrected chi connectivity index (χ2v) is 10.9. The number of fused-ring (bicyclic) bond motifs is 2. The molecular formula is C26H31F3N6O3. The molecule has 0 radical (unpaired) electrons. The number of amides is 1. The fourth-order valence-corrected chi connectivity index (χ4v) is 6.03. The Morgan fingerprint density at radius 2 is 1.87 bits per heavy atom. The summed E-state index contributed by atoms with van der Waals surface area (Å²) in [4.78, 5) is 12.6. The monoisotopic (exact) mass is 532 g/mol. The van der Waals surface area contributed by atoms with Crippen LogP contribution in [-0.4, -0.2) is 32.1 Å². The molecule has 0 spiro atoms. The Kier molecular flexibility index (Phi) is 6.30. The molecule has 2 fully saturated rings. The summed E-state index contributed by atoms with van der Waals surface area (Å²) >= 11 is 0. The van der Waals surface area contributed by atoms with Gasteiger partial charge in [-0.05, 0) is 51.5 Å². The van der Waals surface area contributed by atoms with Gasteiger partial charge in [0.25, 0.3) is 0 Å². The topological polar surface area (TPSA) is 145 Å². The second-order valence-electron chi connectivity index (χ2n) is 10.9. The minimum absolute atomic E-state index is 0.0136. The minimum Gasteiger partial charge on any atom is -0.384 e. The SMILES string of the molecule is CC(C)n1nc(-c2ccc(CC(=O)Nc3cc(C45CCC(C(F)(F)F)(CC4)C5)no3)cc2)c(C(N)O)c1N. The number of carbonyl (C=O) groups excluding carboxylic acids is 1. The number of rotatable bonds is 7. The van der Waals surface area contributed by atoms with E-state index in [0.29, 0.717) is 46.7 Å². The van der Waals surface area contributed by atoms with E-state index in [-0.39, 0.29) is 43.5 Å². The van der Waals surface area contributed by atoms with Gasteiger partial charge in [0.05, 0.1) is 23.1 Å². The van der Waals surface area contributed by atoms with Crippen molar-refractivity contribution in [3.8, 4) is 11.3 Å². The van der Waals surface area contributed by atoms with Crippen molar-refractivity contribution in [2.24, 2.45) is 11.1 Å². The first-order valence-corrected chi connectivity index (χ1v) is 12.6. The molecule has 5 rings (SSSR count). The lowest BCUT2D eigenvalue weighted by Gasteiger charge is -2.29. The van der Waals surface area contributed by atoms with Crippen LogP contribution < -0.4 is 16.8 Å². The lowest BCUT2D eigenvalue weighted by Crippen LogP contribution is -2.33. The van der Waals surface area contributed by atoms with Crippen LogP contribution in [-0.2, 0) is 16.6 Å². The Hall–Kier alpha value is -3.38. The molecule has 2 heterocycles. The van der Waals surface area contributed by atoms with Gasteiger partial charge >= 0.3 is 6.18 Å². The number of aliphatic hydroxyl groups excluding tert-OH is 1. The quantitative estimate of drug-likeness (QED) is 0.326. The number of anilines is 2. The molecule has 1 atom stereocenters. The summed E-state index contributed by atoms with van der Waals surface area (Å²) in [7, 11) is 0. The molecule has 3 aromatic rings. The number of halogens is 3. The number of nitrogen functional groups attached to an aromatic ring is 1. The average Bonchev–Trinajstić information content (AvgIpc) is 3.61. The summed E-state index contributed by atoms with van der Waals surface area (Å²) in [5, 5.41) is 21.2. The van der Waals surface area contributed by atoms with Crippen LogP contribution in [0.1, 0.15) is 75.0 Å². The van der Waals surface area contributed by atoms with Crippen LogP contribution in [0, 0.1) is 5.41 Å². The van der Waals surface area contributed by atoms with Gasteiger partial charge < -0.3 is 21.1 Å². The summed E-state index contributed by atoms with van der Waals surface area (Å²) in [6.07, 6.45) is -4.48. The van der Waals surface area contributed by atoms with E-state index in [1.165, 1.54) is 0 Å². The van der Waals surface area contributed by atoms with Crippen LogP contribution in [0.3, 0.4) is 0 Å². The highest BCUT2D eigenvalue weighted by Gasteiger charge is 2.67. The van der Waals surface area contributed by atoms with Crippen molar-refractivity contribution in [3.63, 3.8) is 0 Å². The van der Waals surface area contributed by atoms with E-state index in [1.54, 1.807) is 35.0 Å². The minimum atomic E-state index is -4.23. The van der Waals surface area contributed by atoms with Crippen LogP contribution in [0.4, 0.5) is 24.9 Å². The first-order valence-electron chi connectivity index (χ1n) is 12.6. The van der Waals surface area contributed by atoms with Crippen LogP contribution in [0.25, 0.3) is 11.3 Å². The molecule has 0 aliphatic heterocycles. The first kappa shape index (κ1) is 26.2. The maximum Gasteiger partial charge on any atom is 0.394 e. The van der Waals surface area contributed by atoms with Crippen molar-refractivity contribution in [2.45, 2.75) is 76.2 Å². The molecule has 1 amide bonds. The van der Waals surface area contributed by atoms with E-state index in [9.17, 15) is 23.1 Å². The number of carbonyl (C=O) groups is 1. The number of aromatic nitrogens is 3. The zero-order chi connectivity index (χ0) is 27.5. The summed E-state index contributed by atoms with van der Waals surface area (Å²) in [6.45, 7) is 3.83. The first-order chi connectivity index (χ1) is 17.8. The molecule has 9 nitrogen and oxygen atoms in total. The molecular weight excluding hydrogens is 501 g/mol. The number of hydrogen-bond acceptors (Lipinski definition) is 7. The van der Waals surface area contributed by atoms with E-state index in [2.05, 4.69) is 15.6 Å². The number of hydrogen-bond donors (Lipinski definition) is 4. The van der Waals surface area contributed by atoms with E-state index >= 15 is 0 Å². The number of benzene rings is 1. The van der Waals surface area contributed by atoms with Crippen LogP contribution in [0.2, 0.25) is 0 Å². The van der Waals surface area contributed by atoms with Crippen molar-refractivity contribution < 1.29 is 27.6 Å². The van der Waals surface area contributed by atoms with Crippen LogP contribution >= 0.6 is 0 Å². The van der Waals surface area contributed by atoms with Gasteiger partial charge in [-0.15, -0.1) is 0 Å². The van der Waals surface area contributed by atoms with E-state index < -0.39 is 23.2 Å². The third-order valence-electron chi connectivity index (χ3n) is 8.12. The Morgan fingerprint density at radius 1 is 1.21 bits per heavy atom. The Morgan fingerprint density at radius 3 is 2.42 bits per heavy atom. The maximum absolute atomic E-state index is 13.6. The van der Waals surface area contributed by atoms with Gasteiger partial charge in [0.15, 0.2) is 0 Å². The molecule has 1 unspecified atom stereocenters. The predicted octanol–water partition coefficient (Wildman–Crippen LogP) is 4.60. The molecule has 38 heavy (non-hydrogen) atoms. The molecule has 6 N–H and O–H groups in total. The molecule has 2 saturated carbocycles. The average molecular weight is 533 g/mol. The van der Waals surface area contributed by atoms with E-state index in [1.807, 2.05) is 13.8 Å². The molecule has 12 heteroatoms. The largest absolute Gasteiger partial charge is 0.394 e. The van der Waals surface area contributed by atoms with Gasteiger partial charge in [0.2, 0.25) is 11.8 Å². The van der Waals surface area contributed by atoms with Gasteiger partial charge in [-0.25, -0.2) is 4.68 Å². The fourth-order valence-electron chi connectivity index (χ4n) is 6.03. The molecule has 2 aliphatic carbocycles. The fraction of sp³-hybridized carbons (Fsp3) is 0.500. The van der Waals surface area contributed by atoms with Crippen molar-refractivity contribution in [2.75, 3.05) is 11.1 Å². The summed E-state index contributed by atoms with van der Waals surface area (Å²) < 4.78 is 47.7. The normalized spacial score (nSPS) is 23.8. The van der Waals surface area contributed by atoms with Crippen molar-refractivity contribution in [3.05, 3.63) is 47.2 Å². The number of nitrogens with one attached hydrogen (secondary N) is 1. The van der Waals surface area contributed by atoms with E-state index in [0.717, 1.165) is 0 Å². The van der Waals surface area contributed by atoms with Crippen molar-refractivity contribution >= 4 is 17.6 Å². The predicted molar refractivity (Wildman–Crippen MR) is 134 cm³/mol. The number of aliphatic hydroxyl groups is 1. The third-order valence-corrected chi connectivity index (χ3v) is 8.12. The molecule has 2 aliphatic rings. The molecule has 1 aromatic carbocycles. The molecule has 2 bridgehead atoms. The van der Waals surface area contributed by atoms with Crippen molar-refractivity contribution in [1.82, 2.24) is 14.9 Å². The van der Waals surface area contributed by atoms with Crippen LogP contribution in [0.5, 0.6) is 0 Å². The number of nitrogens with zero attached hydrogens (tertiary/aromatic N) is 3. The highest BCUT2D eigenvalue weighted by molar-refractivity contribution is 5.91. The highest BCUT2D eigenvalue weighted by atomic mass is 19.4. The van der Waals surface area contributed by atoms with Gasteiger partial charge in [-0.1, -0.05) is 29.4 Å². The zero-order valence-electron chi connectivity index (χ0n) is 21.2. The molecule has 204 valence electrons. The van der Waals surface area contributed by atoms with Gasteiger partial charge in [0, 0.05) is 23.1 Å². The third kappa shape index (κ3) is 4.35. The van der Waals surface area contributed by atoms with Gasteiger partial charge in [-0.2, -0.15) is 18.3 Å². The van der Waals surface area contributed by atoms with Crippen LogP contribution in [0.15, 0.2) is 34.9 Å². The standard InChI is InChI=1S/C26H31F3N6O3/c1-14(2)35-22(30)20(23(31)37)21(33-35)16-5-3-15(4-6-16)11-18(36)32-19-12-17(34-38-19)24-7-9-25(13-24,10-8-24)26(27,28)29/h3-6,12,14,23,37H,7-11,13,30-31H2,1-2H3,(H,32,36). The lowest BCUT2D eigenvalue weighted by atomic mass is 9.80. The summed E-state index contributed by atoms with van der Waals surface area (Å²) in [5.41, 5.74) is 12.2. The Labute approximate surface area is 217 Å². The molecule has 2 aromatic heterocycles. The number of alkyl halides is 3. The Balaban J connectivity index is 1.25. The smallest absolute Gasteiger partial charge is 0.384 e. The maximum atomic E-state index is 13.6. The second kappa shape index (κ2) is 9.12. The zero-order valence-corrected chi connectivity index (χ0v) is 21.2. The van der Waals surface area contributed by atoms with Gasteiger partial charge in [0.1, 0.15) is 17.7 Å². The highest BCUT2D eigenvalue weighted by Crippen LogP contribution is 2.67. The lowest BCUT2D eigenvalue weighted by molar-refractivity contribution is -0.220. The number of nitrogens with two attached hydrogens (primary N) is 2. The summed E-state index contributed by atoms with van der Waals surface area (Å²) in [5.74, 6) is 0.0502. The van der Waals surface area contributed by atoms with Crippen molar-refractivity contribution in [1.29, 1.82) is 0 Å². The van der Waals surface area contributed by atoms with Gasteiger partial charge in [-0.3, -0.25) is 10.1 Å². The Bertz CT molecular complexity index is 1340. The summed E-state index contributed by atoms with van der Waals surface area (Å²) in [6, 6.07) is 8.55. The van der Waals surface area contributed by atoms with E-state index in [4.69, 9.17) is 16.0 Å². The molecule has 0 saturated heterocycles.